The van der Waals surface area contributed by atoms with Crippen LogP contribution in [0.2, 0.25) is 0 Å². The molecule has 1 aromatic carbocycles. The molecule has 0 saturated carbocycles. The number of methoxy groups -OCH3 is 1. The fourth-order valence-corrected chi connectivity index (χ4v) is 4.33. The van der Waals surface area contributed by atoms with Crippen LogP contribution in [0.25, 0.3) is 5.57 Å². The summed E-state index contributed by atoms with van der Waals surface area (Å²) in [7, 11) is 1.56. The molecule has 3 nitrogen and oxygen atoms in total. The van der Waals surface area contributed by atoms with Gasteiger partial charge in [0.1, 0.15) is 0 Å². The Kier molecular flexibility index (Phi) is 4.53. The minimum Gasteiger partial charge on any atom is -0.419 e. The lowest BCUT2D eigenvalue weighted by molar-refractivity contribution is -0.189. The molecule has 2 aliphatic carbocycles. The first-order valence-electron chi connectivity index (χ1n) is 9.26. The predicted octanol–water partition coefficient (Wildman–Crippen LogP) is 4.73. The molecule has 3 heteroatoms. The number of carbonyl (C=O) groups excluding carboxylic acids is 1. The third kappa shape index (κ3) is 2.97. The van der Waals surface area contributed by atoms with Gasteiger partial charge in [0.15, 0.2) is 0 Å². The minimum atomic E-state index is -1.09. The molecule has 3 rings (SSSR count). The van der Waals surface area contributed by atoms with E-state index >= 15 is 0 Å². The summed E-state index contributed by atoms with van der Waals surface area (Å²) in [5.74, 6) is 0.242. The van der Waals surface area contributed by atoms with Crippen LogP contribution < -0.4 is 0 Å². The Balaban J connectivity index is 2.08. The summed E-state index contributed by atoms with van der Waals surface area (Å²) in [6, 6.07) is 6.61. The fraction of sp³-hybridized carbons (Fsp3) is 0.522. The number of benzene rings is 1. The zero-order valence-corrected chi connectivity index (χ0v) is 16.4. The Labute approximate surface area is 156 Å². The van der Waals surface area contributed by atoms with E-state index in [0.717, 1.165) is 24.0 Å². The molecule has 0 spiro atoms. The molecule has 2 aliphatic rings. The standard InChI is InChI=1S/C23H28O3/c1-7-20(24)26-23(25-6)12-8-9-17(23)16-10-11-18-19(15-16)22(4,5)14-13-21(18,2)3/h1,9-11,15H,8,12-14H2,2-6H3. The summed E-state index contributed by atoms with van der Waals surface area (Å²) in [6.45, 7) is 9.22. The second kappa shape index (κ2) is 6.28. The predicted molar refractivity (Wildman–Crippen MR) is 104 cm³/mol. The molecule has 1 aromatic rings. The third-order valence-corrected chi connectivity index (χ3v) is 6.10. The molecule has 0 heterocycles. The van der Waals surface area contributed by atoms with Crippen LogP contribution in [0.5, 0.6) is 0 Å². The molecule has 0 aliphatic heterocycles. The lowest BCUT2D eigenvalue weighted by Crippen LogP contribution is -2.37. The van der Waals surface area contributed by atoms with Crippen molar-refractivity contribution in [2.75, 3.05) is 7.11 Å². The Morgan fingerprint density at radius 3 is 2.35 bits per heavy atom. The van der Waals surface area contributed by atoms with E-state index in [0.29, 0.717) is 6.42 Å². The summed E-state index contributed by atoms with van der Waals surface area (Å²) in [6.07, 6.45) is 11.0. The van der Waals surface area contributed by atoms with Crippen molar-refractivity contribution in [3.63, 3.8) is 0 Å². The van der Waals surface area contributed by atoms with Crippen molar-refractivity contribution >= 4 is 11.5 Å². The Hall–Kier alpha value is -2.05. The van der Waals surface area contributed by atoms with Gasteiger partial charge >= 0.3 is 5.97 Å². The molecule has 1 unspecified atom stereocenters. The van der Waals surface area contributed by atoms with Crippen LogP contribution in [0.4, 0.5) is 0 Å². The highest BCUT2D eigenvalue weighted by Gasteiger charge is 2.43. The van der Waals surface area contributed by atoms with E-state index in [9.17, 15) is 4.79 Å². The van der Waals surface area contributed by atoms with Crippen LogP contribution in [-0.4, -0.2) is 18.9 Å². The van der Waals surface area contributed by atoms with Gasteiger partial charge in [-0.05, 0) is 46.8 Å². The molecule has 0 bridgehead atoms. The maximum Gasteiger partial charge on any atom is 0.386 e. The average molecular weight is 352 g/mol. The highest BCUT2D eigenvalue weighted by molar-refractivity contribution is 5.89. The number of hydrogen-bond donors (Lipinski definition) is 0. The highest BCUT2D eigenvalue weighted by atomic mass is 16.7. The van der Waals surface area contributed by atoms with E-state index in [2.05, 4.69) is 52.0 Å². The van der Waals surface area contributed by atoms with Gasteiger partial charge in [-0.2, -0.15) is 0 Å². The number of rotatable bonds is 3. The van der Waals surface area contributed by atoms with E-state index in [-0.39, 0.29) is 10.8 Å². The van der Waals surface area contributed by atoms with Crippen molar-refractivity contribution in [1.29, 1.82) is 0 Å². The van der Waals surface area contributed by atoms with Crippen LogP contribution in [0.3, 0.4) is 0 Å². The highest BCUT2D eigenvalue weighted by Crippen LogP contribution is 2.48. The Morgan fingerprint density at radius 1 is 1.08 bits per heavy atom. The van der Waals surface area contributed by atoms with Gasteiger partial charge < -0.3 is 9.47 Å². The second-order valence-electron chi connectivity index (χ2n) is 8.68. The van der Waals surface area contributed by atoms with Crippen molar-refractivity contribution in [2.24, 2.45) is 0 Å². The van der Waals surface area contributed by atoms with Crippen LogP contribution in [0, 0.1) is 12.3 Å². The number of ether oxygens (including phenoxy) is 2. The maximum absolute atomic E-state index is 11.8. The first kappa shape index (κ1) is 18.7. The second-order valence-corrected chi connectivity index (χ2v) is 8.68. The molecule has 138 valence electrons. The topological polar surface area (TPSA) is 35.5 Å². The molecule has 0 radical (unpaired) electrons. The number of allylic oxidation sites excluding steroid dienone is 1. The van der Waals surface area contributed by atoms with Crippen molar-refractivity contribution in [2.45, 2.75) is 70.0 Å². The van der Waals surface area contributed by atoms with Gasteiger partial charge in [0, 0.05) is 25.0 Å². The Morgan fingerprint density at radius 2 is 1.73 bits per heavy atom. The molecule has 0 N–H and O–H groups in total. The van der Waals surface area contributed by atoms with Crippen LogP contribution in [0.1, 0.15) is 70.1 Å². The van der Waals surface area contributed by atoms with Gasteiger partial charge in [-0.1, -0.05) is 52.0 Å². The molecule has 26 heavy (non-hydrogen) atoms. The SMILES string of the molecule is C#CC(=O)OC1(OC)CCC=C1c1ccc2c(c1)C(C)(C)CCC2(C)C. The van der Waals surface area contributed by atoms with Gasteiger partial charge in [0.25, 0.3) is 0 Å². The smallest absolute Gasteiger partial charge is 0.386 e. The summed E-state index contributed by atoms with van der Waals surface area (Å²) < 4.78 is 11.2. The van der Waals surface area contributed by atoms with E-state index in [1.54, 1.807) is 7.11 Å². The lowest BCUT2D eigenvalue weighted by atomic mass is 9.63. The van der Waals surface area contributed by atoms with Crippen molar-refractivity contribution < 1.29 is 14.3 Å². The minimum absolute atomic E-state index is 0.116. The molecular weight excluding hydrogens is 324 g/mol. The zero-order chi connectivity index (χ0) is 19.2. The van der Waals surface area contributed by atoms with Crippen molar-refractivity contribution in [3.8, 4) is 12.3 Å². The fourth-order valence-electron chi connectivity index (χ4n) is 4.33. The van der Waals surface area contributed by atoms with Gasteiger partial charge in [0.05, 0.1) is 0 Å². The van der Waals surface area contributed by atoms with E-state index in [1.807, 2.05) is 5.92 Å². The first-order chi connectivity index (χ1) is 12.1. The first-order valence-corrected chi connectivity index (χ1v) is 9.26. The van der Waals surface area contributed by atoms with Gasteiger partial charge in [-0.25, -0.2) is 4.79 Å². The number of fused-ring (bicyclic) bond motifs is 1. The summed E-state index contributed by atoms with van der Waals surface area (Å²) in [5.41, 5.74) is 4.99. The zero-order valence-electron chi connectivity index (χ0n) is 16.4. The summed E-state index contributed by atoms with van der Waals surface area (Å²) >= 11 is 0. The van der Waals surface area contributed by atoms with Crippen molar-refractivity contribution in [1.82, 2.24) is 0 Å². The van der Waals surface area contributed by atoms with Crippen molar-refractivity contribution in [3.05, 3.63) is 41.0 Å². The van der Waals surface area contributed by atoms with Crippen LogP contribution in [-0.2, 0) is 25.1 Å². The van der Waals surface area contributed by atoms with E-state index in [1.165, 1.54) is 17.5 Å². The summed E-state index contributed by atoms with van der Waals surface area (Å²) in [4.78, 5) is 11.8. The molecule has 0 saturated heterocycles. The normalized spacial score (nSPS) is 25.8. The molecule has 0 fully saturated rings. The lowest BCUT2D eigenvalue weighted by Gasteiger charge is -2.42. The molecule has 0 amide bonds. The quantitative estimate of drug-likeness (QED) is 0.341. The van der Waals surface area contributed by atoms with E-state index < -0.39 is 11.8 Å². The number of terminal acetylenes is 1. The third-order valence-electron chi connectivity index (χ3n) is 6.10. The molecular formula is C23H28O3. The molecule has 0 aromatic heterocycles. The number of esters is 1. The van der Waals surface area contributed by atoms with Crippen LogP contribution >= 0.6 is 0 Å². The van der Waals surface area contributed by atoms with Gasteiger partial charge in [-0.15, -0.1) is 6.42 Å². The van der Waals surface area contributed by atoms with E-state index in [4.69, 9.17) is 15.9 Å². The van der Waals surface area contributed by atoms with Crippen LogP contribution in [0.15, 0.2) is 24.3 Å². The number of hydrogen-bond acceptors (Lipinski definition) is 3. The largest absolute Gasteiger partial charge is 0.419 e. The van der Waals surface area contributed by atoms with Gasteiger partial charge in [-0.3, -0.25) is 0 Å². The Bertz CT molecular complexity index is 807. The summed E-state index contributed by atoms with van der Waals surface area (Å²) in [5, 5.41) is 0. The monoisotopic (exact) mass is 352 g/mol. The maximum atomic E-state index is 11.8. The van der Waals surface area contributed by atoms with Gasteiger partial charge in [0.2, 0.25) is 5.79 Å². The molecule has 1 atom stereocenters. The number of carbonyl (C=O) groups is 1. The average Bonchev–Trinajstić information content (AvgIpc) is 3.02.